The Balaban J connectivity index is 1.57. The van der Waals surface area contributed by atoms with Crippen LogP contribution in [0.5, 0.6) is 0 Å². The standard InChI is InChI=1S/C18H19N7OS/c1-19-16-13-15(24(2)10-21-13)14-18(23-16)27-17(22-14)11-3-4-12(20-9-11)25-5-7-26-8-6-25/h3-4,9-10H,5-8H2,1-2H3,(H,19,23). The molecule has 1 N–H and O–H groups in total. The molecule has 0 aromatic carbocycles. The highest BCUT2D eigenvalue weighted by atomic mass is 32.1. The number of aromatic nitrogens is 5. The number of nitrogens with one attached hydrogen (secondary N) is 1. The van der Waals surface area contributed by atoms with Crippen LogP contribution in [0, 0.1) is 0 Å². The molecule has 0 bridgehead atoms. The number of rotatable bonds is 3. The van der Waals surface area contributed by atoms with Crippen molar-refractivity contribution in [1.29, 1.82) is 0 Å². The summed E-state index contributed by atoms with van der Waals surface area (Å²) in [4.78, 5) is 21.8. The Morgan fingerprint density at radius 3 is 2.70 bits per heavy atom. The number of morpholine rings is 1. The van der Waals surface area contributed by atoms with E-state index in [-0.39, 0.29) is 0 Å². The number of nitrogens with zero attached hydrogens (tertiary/aromatic N) is 6. The van der Waals surface area contributed by atoms with E-state index in [1.165, 1.54) is 0 Å². The number of anilines is 2. The van der Waals surface area contributed by atoms with Crippen LogP contribution in [0.15, 0.2) is 24.7 Å². The van der Waals surface area contributed by atoms with E-state index in [4.69, 9.17) is 14.7 Å². The molecule has 27 heavy (non-hydrogen) atoms. The molecule has 4 aromatic heterocycles. The number of imidazole rings is 1. The molecular weight excluding hydrogens is 362 g/mol. The molecule has 0 unspecified atom stereocenters. The Bertz CT molecular complexity index is 1110. The van der Waals surface area contributed by atoms with Gasteiger partial charge in [0.2, 0.25) is 0 Å². The van der Waals surface area contributed by atoms with E-state index in [0.717, 1.165) is 69.9 Å². The maximum Gasteiger partial charge on any atom is 0.155 e. The average Bonchev–Trinajstić information content (AvgIpc) is 3.32. The lowest BCUT2D eigenvalue weighted by atomic mass is 10.3. The lowest BCUT2D eigenvalue weighted by Gasteiger charge is -2.27. The van der Waals surface area contributed by atoms with Crippen molar-refractivity contribution < 1.29 is 4.74 Å². The van der Waals surface area contributed by atoms with Gasteiger partial charge in [-0.1, -0.05) is 11.3 Å². The van der Waals surface area contributed by atoms with E-state index in [0.29, 0.717) is 0 Å². The molecule has 138 valence electrons. The van der Waals surface area contributed by atoms with Crippen molar-refractivity contribution in [3.63, 3.8) is 0 Å². The van der Waals surface area contributed by atoms with Crippen molar-refractivity contribution in [2.24, 2.45) is 7.05 Å². The minimum Gasteiger partial charge on any atom is -0.378 e. The molecule has 0 atom stereocenters. The van der Waals surface area contributed by atoms with Gasteiger partial charge in [-0.05, 0) is 12.1 Å². The zero-order chi connectivity index (χ0) is 18.4. The average molecular weight is 381 g/mol. The molecule has 5 heterocycles. The van der Waals surface area contributed by atoms with Crippen LogP contribution in [0.4, 0.5) is 11.6 Å². The summed E-state index contributed by atoms with van der Waals surface area (Å²) in [7, 11) is 3.84. The summed E-state index contributed by atoms with van der Waals surface area (Å²) in [5.41, 5.74) is 3.70. The van der Waals surface area contributed by atoms with E-state index >= 15 is 0 Å². The largest absolute Gasteiger partial charge is 0.378 e. The van der Waals surface area contributed by atoms with Gasteiger partial charge in [0.15, 0.2) is 5.82 Å². The smallest absolute Gasteiger partial charge is 0.155 e. The first kappa shape index (κ1) is 16.4. The molecule has 1 aliphatic rings. The Morgan fingerprint density at radius 2 is 1.96 bits per heavy atom. The number of thiazole rings is 1. The van der Waals surface area contributed by atoms with Gasteiger partial charge in [0, 0.05) is 38.9 Å². The highest BCUT2D eigenvalue weighted by Gasteiger charge is 2.18. The second kappa shape index (κ2) is 6.43. The molecule has 0 radical (unpaired) electrons. The predicted molar refractivity (Wildman–Crippen MR) is 107 cm³/mol. The first-order chi connectivity index (χ1) is 13.2. The van der Waals surface area contributed by atoms with Crippen molar-refractivity contribution >= 4 is 44.4 Å². The lowest BCUT2D eigenvalue weighted by Crippen LogP contribution is -2.36. The van der Waals surface area contributed by atoms with Crippen LogP contribution in [0.2, 0.25) is 0 Å². The maximum absolute atomic E-state index is 5.41. The van der Waals surface area contributed by atoms with E-state index in [1.54, 1.807) is 17.7 Å². The summed E-state index contributed by atoms with van der Waals surface area (Å²) < 4.78 is 7.40. The fourth-order valence-electron chi connectivity index (χ4n) is 3.37. The Hall–Kier alpha value is -2.78. The molecule has 8 nitrogen and oxygen atoms in total. The molecule has 0 amide bonds. The van der Waals surface area contributed by atoms with Crippen LogP contribution in [0.3, 0.4) is 0 Å². The normalized spacial score (nSPS) is 15.0. The third-order valence-electron chi connectivity index (χ3n) is 4.77. The van der Waals surface area contributed by atoms with Gasteiger partial charge >= 0.3 is 0 Å². The lowest BCUT2D eigenvalue weighted by molar-refractivity contribution is 0.122. The summed E-state index contributed by atoms with van der Waals surface area (Å²) in [6, 6.07) is 4.13. The third kappa shape index (κ3) is 2.70. The van der Waals surface area contributed by atoms with Gasteiger partial charge in [0.05, 0.1) is 19.5 Å². The van der Waals surface area contributed by atoms with Crippen LogP contribution in [-0.2, 0) is 11.8 Å². The van der Waals surface area contributed by atoms with Crippen molar-refractivity contribution in [2.75, 3.05) is 43.6 Å². The molecule has 4 aromatic rings. The van der Waals surface area contributed by atoms with Crippen LogP contribution in [0.25, 0.3) is 32.0 Å². The van der Waals surface area contributed by atoms with Crippen LogP contribution in [0.1, 0.15) is 0 Å². The van der Waals surface area contributed by atoms with Gasteiger partial charge in [0.25, 0.3) is 0 Å². The predicted octanol–water partition coefficient (Wildman–Crippen LogP) is 2.52. The van der Waals surface area contributed by atoms with E-state index in [9.17, 15) is 0 Å². The van der Waals surface area contributed by atoms with Gasteiger partial charge in [-0.2, -0.15) is 0 Å². The second-order valence-corrected chi connectivity index (χ2v) is 7.42. The molecule has 1 fully saturated rings. The van der Waals surface area contributed by atoms with E-state index in [2.05, 4.69) is 32.3 Å². The summed E-state index contributed by atoms with van der Waals surface area (Å²) in [6.45, 7) is 3.26. The van der Waals surface area contributed by atoms with E-state index in [1.807, 2.05) is 24.9 Å². The Labute approximate surface area is 159 Å². The summed E-state index contributed by atoms with van der Waals surface area (Å²) >= 11 is 1.57. The molecule has 5 rings (SSSR count). The van der Waals surface area contributed by atoms with Gasteiger partial charge in [-0.3, -0.25) is 0 Å². The zero-order valence-corrected chi connectivity index (χ0v) is 16.0. The van der Waals surface area contributed by atoms with Crippen molar-refractivity contribution in [2.45, 2.75) is 0 Å². The SMILES string of the molecule is CNc1nc2sc(-c3ccc(N4CCOCC4)nc3)nc2c2c1ncn2C. The van der Waals surface area contributed by atoms with Crippen molar-refractivity contribution in [1.82, 2.24) is 24.5 Å². The molecule has 9 heteroatoms. The minimum absolute atomic E-state index is 0.751. The number of pyridine rings is 2. The monoisotopic (exact) mass is 381 g/mol. The maximum atomic E-state index is 5.41. The first-order valence-electron chi connectivity index (χ1n) is 8.83. The number of hydrogen-bond acceptors (Lipinski definition) is 8. The van der Waals surface area contributed by atoms with Crippen LogP contribution >= 0.6 is 11.3 Å². The first-order valence-corrected chi connectivity index (χ1v) is 9.64. The summed E-state index contributed by atoms with van der Waals surface area (Å²) in [5.74, 6) is 1.75. The van der Waals surface area contributed by atoms with Crippen LogP contribution < -0.4 is 10.2 Å². The topological polar surface area (TPSA) is 81.0 Å². The van der Waals surface area contributed by atoms with Gasteiger partial charge in [0.1, 0.15) is 32.2 Å². The summed E-state index contributed by atoms with van der Waals surface area (Å²) in [5, 5.41) is 4.04. The quantitative estimate of drug-likeness (QED) is 0.584. The molecule has 0 saturated carbocycles. The minimum atomic E-state index is 0.751. The van der Waals surface area contributed by atoms with Crippen molar-refractivity contribution in [3.05, 3.63) is 24.7 Å². The number of hydrogen-bond donors (Lipinski definition) is 1. The molecular formula is C18H19N7OS. The zero-order valence-electron chi connectivity index (χ0n) is 15.1. The van der Waals surface area contributed by atoms with Crippen LogP contribution in [-0.4, -0.2) is 57.9 Å². The number of ether oxygens (including phenoxy) is 1. The number of aryl methyl sites for hydroxylation is 1. The summed E-state index contributed by atoms with van der Waals surface area (Å²) in [6.07, 6.45) is 3.69. The molecule has 1 saturated heterocycles. The Kier molecular flexibility index (Phi) is 3.91. The molecule has 1 aliphatic heterocycles. The van der Waals surface area contributed by atoms with Crippen molar-refractivity contribution in [3.8, 4) is 10.6 Å². The number of fused-ring (bicyclic) bond motifs is 3. The van der Waals surface area contributed by atoms with Gasteiger partial charge in [-0.15, -0.1) is 0 Å². The second-order valence-electron chi connectivity index (χ2n) is 6.44. The Morgan fingerprint density at radius 1 is 1.11 bits per heavy atom. The fraction of sp³-hybridized carbons (Fsp3) is 0.333. The van der Waals surface area contributed by atoms with Gasteiger partial charge in [-0.25, -0.2) is 19.9 Å². The van der Waals surface area contributed by atoms with E-state index < -0.39 is 0 Å². The fourth-order valence-corrected chi connectivity index (χ4v) is 4.30. The highest BCUT2D eigenvalue weighted by Crippen LogP contribution is 2.35. The third-order valence-corrected chi connectivity index (χ3v) is 5.77. The molecule has 0 aliphatic carbocycles. The molecule has 0 spiro atoms. The highest BCUT2D eigenvalue weighted by molar-refractivity contribution is 7.21. The van der Waals surface area contributed by atoms with Gasteiger partial charge < -0.3 is 19.5 Å².